The van der Waals surface area contributed by atoms with Crippen LogP contribution in [0.2, 0.25) is 0 Å². The van der Waals surface area contributed by atoms with Gasteiger partial charge in [-0.05, 0) is 25.7 Å². The molecule has 0 aromatic heterocycles. The maximum absolute atomic E-state index is 14.5. The van der Waals surface area contributed by atoms with Crippen LogP contribution < -0.4 is 0 Å². The Labute approximate surface area is 127 Å². The van der Waals surface area contributed by atoms with E-state index in [1.165, 1.54) is 6.92 Å². The third-order valence-electron chi connectivity index (χ3n) is 5.66. The van der Waals surface area contributed by atoms with Crippen molar-refractivity contribution >= 4 is 0 Å². The van der Waals surface area contributed by atoms with Crippen LogP contribution in [0, 0.1) is 16.7 Å². The molecule has 3 nitrogen and oxygen atoms in total. The van der Waals surface area contributed by atoms with Crippen molar-refractivity contribution in [3.05, 3.63) is 0 Å². The fourth-order valence-corrected chi connectivity index (χ4v) is 3.76. The lowest BCUT2D eigenvalue weighted by atomic mass is 9.50. The lowest BCUT2D eigenvalue weighted by Gasteiger charge is -2.60. The number of ether oxygens (including phenoxy) is 3. The summed E-state index contributed by atoms with van der Waals surface area (Å²) < 4.78 is 73.3. The summed E-state index contributed by atoms with van der Waals surface area (Å²) in [5.41, 5.74) is -3.45. The van der Waals surface area contributed by atoms with Crippen molar-refractivity contribution < 1.29 is 31.8 Å². The molecular weight excluding hydrogens is 304 g/mol. The van der Waals surface area contributed by atoms with Crippen molar-refractivity contribution in [3.8, 4) is 0 Å². The molecule has 3 aliphatic carbocycles. The van der Waals surface area contributed by atoms with Gasteiger partial charge < -0.3 is 14.2 Å². The fraction of sp³-hybridized carbons (Fsp3) is 1.00. The van der Waals surface area contributed by atoms with Crippen LogP contribution in [0.5, 0.6) is 0 Å². The molecule has 0 amide bonds. The Bertz CT molecular complexity index is 425. The van der Waals surface area contributed by atoms with Crippen molar-refractivity contribution in [2.75, 3.05) is 19.8 Å². The highest BCUT2D eigenvalue weighted by Crippen LogP contribution is 2.70. The minimum absolute atomic E-state index is 0.0369. The van der Waals surface area contributed by atoms with E-state index in [9.17, 15) is 17.6 Å². The van der Waals surface area contributed by atoms with Gasteiger partial charge in [0, 0.05) is 11.3 Å². The average molecular weight is 326 g/mol. The molecule has 2 bridgehead atoms. The first-order valence-corrected chi connectivity index (χ1v) is 7.74. The third kappa shape index (κ3) is 2.12. The third-order valence-corrected chi connectivity index (χ3v) is 5.66. The van der Waals surface area contributed by atoms with Crippen molar-refractivity contribution in [3.63, 3.8) is 0 Å². The molecule has 0 aromatic carbocycles. The first kappa shape index (κ1) is 16.5. The normalized spacial score (nSPS) is 46.6. The van der Waals surface area contributed by atoms with Gasteiger partial charge in [-0.1, -0.05) is 13.8 Å². The number of fused-ring (bicyclic) bond motifs is 3. The highest BCUT2D eigenvalue weighted by atomic mass is 19.3. The number of hydrogen-bond donors (Lipinski definition) is 0. The van der Waals surface area contributed by atoms with Gasteiger partial charge >= 0.3 is 11.8 Å². The van der Waals surface area contributed by atoms with Gasteiger partial charge in [0.05, 0.1) is 25.2 Å². The van der Waals surface area contributed by atoms with Crippen molar-refractivity contribution in [2.24, 2.45) is 16.7 Å². The zero-order chi connectivity index (χ0) is 16.2. The van der Waals surface area contributed by atoms with Crippen LogP contribution in [0.25, 0.3) is 0 Å². The van der Waals surface area contributed by atoms with Gasteiger partial charge in [-0.15, -0.1) is 0 Å². The van der Waals surface area contributed by atoms with Crippen LogP contribution >= 0.6 is 0 Å². The van der Waals surface area contributed by atoms with E-state index in [1.807, 2.05) is 6.92 Å². The molecule has 22 heavy (non-hydrogen) atoms. The predicted molar refractivity (Wildman–Crippen MR) is 69.7 cm³/mol. The second-order valence-electron chi connectivity index (χ2n) is 7.36. The molecule has 0 atom stereocenters. The van der Waals surface area contributed by atoms with Gasteiger partial charge in [0.1, 0.15) is 0 Å². The van der Waals surface area contributed by atoms with Crippen LogP contribution in [0.3, 0.4) is 0 Å². The summed E-state index contributed by atoms with van der Waals surface area (Å²) in [4.78, 5) is 0. The Morgan fingerprint density at radius 3 is 2.05 bits per heavy atom. The summed E-state index contributed by atoms with van der Waals surface area (Å²) in [6, 6.07) is 0. The van der Waals surface area contributed by atoms with E-state index in [0.29, 0.717) is 13.2 Å². The van der Waals surface area contributed by atoms with E-state index >= 15 is 0 Å². The largest absolute Gasteiger partial charge is 0.330 e. The molecule has 4 fully saturated rings. The molecule has 1 saturated heterocycles. The Morgan fingerprint density at radius 2 is 1.50 bits per heavy atom. The van der Waals surface area contributed by atoms with E-state index < -0.39 is 35.8 Å². The number of hydrogen-bond acceptors (Lipinski definition) is 3. The highest BCUT2D eigenvalue weighted by molar-refractivity contribution is 5.16. The Kier molecular flexibility index (Phi) is 3.78. The minimum atomic E-state index is -4.08. The van der Waals surface area contributed by atoms with Crippen LogP contribution in [0.1, 0.15) is 39.5 Å². The molecule has 3 saturated carbocycles. The summed E-state index contributed by atoms with van der Waals surface area (Å²) in [6.07, 6.45) is 0.245. The Balaban J connectivity index is 1.72. The van der Waals surface area contributed by atoms with Gasteiger partial charge in [-0.2, -0.15) is 17.6 Å². The number of alkyl halides is 4. The first-order chi connectivity index (χ1) is 10.1. The molecule has 1 heterocycles. The molecule has 0 spiro atoms. The van der Waals surface area contributed by atoms with Gasteiger partial charge in [0.15, 0.2) is 0 Å². The molecule has 128 valence electrons. The van der Waals surface area contributed by atoms with Gasteiger partial charge in [-0.3, -0.25) is 0 Å². The van der Waals surface area contributed by atoms with E-state index in [1.54, 1.807) is 0 Å². The van der Waals surface area contributed by atoms with Crippen molar-refractivity contribution in [2.45, 2.75) is 57.9 Å². The molecule has 4 rings (SSSR count). The minimum Gasteiger partial charge on any atom is -0.330 e. The zero-order valence-corrected chi connectivity index (χ0v) is 12.8. The summed E-state index contributed by atoms with van der Waals surface area (Å²) in [5, 5.41) is 0. The Hall–Kier alpha value is -0.400. The average Bonchev–Trinajstić information content (AvgIpc) is 2.47. The summed E-state index contributed by atoms with van der Waals surface area (Å²) in [5.74, 6) is -7.88. The van der Waals surface area contributed by atoms with Gasteiger partial charge in [-0.25, -0.2) is 0 Å². The molecule has 0 N–H and O–H groups in total. The Morgan fingerprint density at radius 1 is 0.955 bits per heavy atom. The second kappa shape index (κ2) is 5.05. The van der Waals surface area contributed by atoms with Crippen LogP contribution in [0.15, 0.2) is 0 Å². The molecule has 0 aromatic rings. The molecule has 7 heteroatoms. The second-order valence-corrected chi connectivity index (χ2v) is 7.36. The lowest BCUT2D eigenvalue weighted by Crippen LogP contribution is -2.69. The van der Waals surface area contributed by atoms with Gasteiger partial charge in [0.2, 0.25) is 0 Å². The standard InChI is InChI=1S/C15H22F4O3/c1-10-7-20-11(21-8-10)22-9-13-5-3-12(2,4-6-13)14(16,17)15(13,18)19/h10-11H,3-9H2,1-2H3. The summed E-state index contributed by atoms with van der Waals surface area (Å²) >= 11 is 0. The monoisotopic (exact) mass is 326 g/mol. The van der Waals surface area contributed by atoms with Crippen LogP contribution in [-0.4, -0.2) is 38.1 Å². The summed E-state index contributed by atoms with van der Waals surface area (Å²) in [6.45, 7) is 2.49. The lowest BCUT2D eigenvalue weighted by molar-refractivity contribution is -0.389. The highest BCUT2D eigenvalue weighted by Gasteiger charge is 2.80. The number of rotatable bonds is 3. The quantitative estimate of drug-likeness (QED) is 0.738. The molecule has 0 radical (unpaired) electrons. The maximum atomic E-state index is 14.5. The van der Waals surface area contributed by atoms with E-state index in [4.69, 9.17) is 14.2 Å². The molecule has 4 aliphatic rings. The van der Waals surface area contributed by atoms with Crippen molar-refractivity contribution in [1.82, 2.24) is 0 Å². The fourth-order valence-electron chi connectivity index (χ4n) is 3.76. The molecular formula is C15H22F4O3. The SMILES string of the molecule is CC1COC(OCC23CCC(C)(CC2)C(F)(F)C3(F)F)OC1. The first-order valence-electron chi connectivity index (χ1n) is 7.74. The van der Waals surface area contributed by atoms with Crippen molar-refractivity contribution in [1.29, 1.82) is 0 Å². The van der Waals surface area contributed by atoms with Crippen LogP contribution in [0.4, 0.5) is 17.6 Å². The summed E-state index contributed by atoms with van der Waals surface area (Å²) in [7, 11) is 0. The predicted octanol–water partition coefficient (Wildman–Crippen LogP) is 3.82. The molecule has 0 unspecified atom stereocenters. The van der Waals surface area contributed by atoms with E-state index in [-0.39, 0.29) is 31.6 Å². The van der Waals surface area contributed by atoms with Crippen LogP contribution in [-0.2, 0) is 14.2 Å². The smallest absolute Gasteiger partial charge is 0.318 e. The van der Waals surface area contributed by atoms with E-state index in [0.717, 1.165) is 0 Å². The topological polar surface area (TPSA) is 27.7 Å². The maximum Gasteiger partial charge on any atom is 0.318 e. The zero-order valence-electron chi connectivity index (χ0n) is 12.8. The van der Waals surface area contributed by atoms with E-state index in [2.05, 4.69) is 0 Å². The molecule has 1 aliphatic heterocycles. The van der Waals surface area contributed by atoms with Gasteiger partial charge in [0.25, 0.3) is 6.48 Å². The number of halogens is 4.